The van der Waals surface area contributed by atoms with Crippen molar-refractivity contribution in [2.75, 3.05) is 13.2 Å². The third kappa shape index (κ3) is 4.34. The van der Waals surface area contributed by atoms with Crippen LogP contribution in [0.2, 0.25) is 0 Å². The molecule has 0 radical (unpaired) electrons. The number of rotatable bonds is 5. The maximum absolute atomic E-state index is 12.0. The highest BCUT2D eigenvalue weighted by molar-refractivity contribution is 5.93. The van der Waals surface area contributed by atoms with Crippen LogP contribution >= 0.6 is 0 Å². The Hall–Kier alpha value is -2.30. The predicted molar refractivity (Wildman–Crippen MR) is 81.5 cm³/mol. The largest absolute Gasteiger partial charge is 0.492 e. The molecule has 5 heteroatoms. The number of benzene rings is 1. The third-order valence-electron chi connectivity index (χ3n) is 2.93. The van der Waals surface area contributed by atoms with E-state index in [0.29, 0.717) is 18.7 Å². The number of amides is 1. The molecule has 0 spiro atoms. The van der Waals surface area contributed by atoms with Crippen molar-refractivity contribution in [3.63, 3.8) is 0 Å². The predicted octanol–water partition coefficient (Wildman–Crippen LogP) is 2.45. The maximum atomic E-state index is 12.0. The molecule has 1 heterocycles. The fourth-order valence-corrected chi connectivity index (χ4v) is 1.76. The minimum Gasteiger partial charge on any atom is -0.492 e. The first-order valence-corrected chi connectivity index (χ1v) is 6.98. The lowest BCUT2D eigenvalue weighted by Crippen LogP contribution is -2.28. The van der Waals surface area contributed by atoms with Crippen LogP contribution in [0.4, 0.5) is 0 Å². The molecule has 0 aliphatic heterocycles. The molecule has 2 rings (SSSR count). The van der Waals surface area contributed by atoms with Crippen LogP contribution < -0.4 is 10.1 Å². The average molecular weight is 287 g/mol. The van der Waals surface area contributed by atoms with Crippen molar-refractivity contribution in [2.24, 2.45) is 0 Å². The van der Waals surface area contributed by atoms with E-state index in [9.17, 15) is 4.79 Å². The zero-order chi connectivity index (χ0) is 15.3. The number of carbonyl (C=O) groups is 1. The summed E-state index contributed by atoms with van der Waals surface area (Å²) in [5.74, 6) is 0.662. The summed E-state index contributed by atoms with van der Waals surface area (Å²) in [4.78, 5) is 12.0. The summed E-state index contributed by atoms with van der Waals surface area (Å²) < 4.78 is 7.30. The quantitative estimate of drug-likeness (QED) is 0.859. The summed E-state index contributed by atoms with van der Waals surface area (Å²) in [6, 6.07) is 9.52. The highest BCUT2D eigenvalue weighted by Crippen LogP contribution is 2.13. The second-order valence-corrected chi connectivity index (χ2v) is 5.76. The summed E-state index contributed by atoms with van der Waals surface area (Å²) >= 11 is 0. The molecule has 5 nitrogen and oxygen atoms in total. The van der Waals surface area contributed by atoms with Crippen LogP contribution in [0, 0.1) is 0 Å². The monoisotopic (exact) mass is 287 g/mol. The van der Waals surface area contributed by atoms with Gasteiger partial charge in [-0.2, -0.15) is 5.10 Å². The van der Waals surface area contributed by atoms with Crippen LogP contribution in [0.5, 0.6) is 5.75 Å². The van der Waals surface area contributed by atoms with Crippen LogP contribution in [0.3, 0.4) is 0 Å². The summed E-state index contributed by atoms with van der Waals surface area (Å²) in [5, 5.41) is 7.03. The van der Waals surface area contributed by atoms with E-state index in [4.69, 9.17) is 4.74 Å². The lowest BCUT2D eigenvalue weighted by molar-refractivity contribution is 0.0947. The Morgan fingerprint density at radius 1 is 1.29 bits per heavy atom. The zero-order valence-corrected chi connectivity index (χ0v) is 12.7. The molecule has 0 atom stereocenters. The Bertz CT molecular complexity index is 585. The minimum atomic E-state index is -0.137. The fourth-order valence-electron chi connectivity index (χ4n) is 1.76. The first-order chi connectivity index (χ1) is 9.97. The fraction of sp³-hybridized carbons (Fsp3) is 0.375. The van der Waals surface area contributed by atoms with E-state index < -0.39 is 0 Å². The molecule has 1 aromatic carbocycles. The number of carbonyl (C=O) groups excluding carboxylic acids is 1. The van der Waals surface area contributed by atoms with Crippen molar-refractivity contribution in [3.8, 4) is 5.75 Å². The van der Waals surface area contributed by atoms with Crippen LogP contribution in [-0.4, -0.2) is 28.8 Å². The number of hydrogen-bond acceptors (Lipinski definition) is 3. The third-order valence-corrected chi connectivity index (χ3v) is 2.93. The summed E-state index contributed by atoms with van der Waals surface area (Å²) in [6.07, 6.45) is 3.34. The Morgan fingerprint density at radius 3 is 2.62 bits per heavy atom. The van der Waals surface area contributed by atoms with Gasteiger partial charge in [0.15, 0.2) is 0 Å². The lowest BCUT2D eigenvalue weighted by atomic mass is 10.1. The van der Waals surface area contributed by atoms with E-state index in [0.717, 1.165) is 5.75 Å². The Morgan fingerprint density at radius 2 is 2.00 bits per heavy atom. The molecule has 21 heavy (non-hydrogen) atoms. The lowest BCUT2D eigenvalue weighted by Gasteiger charge is -2.18. The molecular formula is C16H21N3O2. The van der Waals surface area contributed by atoms with Gasteiger partial charge in [-0.05, 0) is 32.9 Å². The van der Waals surface area contributed by atoms with Crippen LogP contribution in [0.1, 0.15) is 31.1 Å². The molecule has 1 aromatic heterocycles. The van der Waals surface area contributed by atoms with Gasteiger partial charge in [-0.15, -0.1) is 0 Å². The van der Waals surface area contributed by atoms with Crippen molar-refractivity contribution < 1.29 is 9.53 Å². The van der Waals surface area contributed by atoms with Gasteiger partial charge in [-0.3, -0.25) is 9.48 Å². The first-order valence-electron chi connectivity index (χ1n) is 6.98. The number of nitrogens with zero attached hydrogens (tertiary/aromatic N) is 2. The van der Waals surface area contributed by atoms with E-state index in [1.165, 1.54) is 0 Å². The molecule has 1 amide bonds. The number of nitrogens with one attached hydrogen (secondary N) is 1. The van der Waals surface area contributed by atoms with E-state index in [1.54, 1.807) is 17.1 Å². The minimum absolute atomic E-state index is 0.130. The van der Waals surface area contributed by atoms with Crippen molar-refractivity contribution in [3.05, 3.63) is 48.3 Å². The standard InChI is InChI=1S/C16H21N3O2/c1-16(2,3)19-12-13(11-18-19)15(20)17-9-10-21-14-7-5-4-6-8-14/h4-8,11-12H,9-10H2,1-3H3,(H,17,20). The maximum Gasteiger partial charge on any atom is 0.254 e. The highest BCUT2D eigenvalue weighted by atomic mass is 16.5. The summed E-state index contributed by atoms with van der Waals surface area (Å²) in [7, 11) is 0. The molecule has 0 aliphatic carbocycles. The summed E-state index contributed by atoms with van der Waals surface area (Å²) in [5.41, 5.74) is 0.430. The van der Waals surface area contributed by atoms with Gasteiger partial charge in [-0.1, -0.05) is 18.2 Å². The van der Waals surface area contributed by atoms with Gasteiger partial charge < -0.3 is 10.1 Å². The molecule has 1 N–H and O–H groups in total. The number of ether oxygens (including phenoxy) is 1. The molecular weight excluding hydrogens is 266 g/mol. The Labute approximate surface area is 124 Å². The van der Waals surface area contributed by atoms with Gasteiger partial charge >= 0.3 is 0 Å². The highest BCUT2D eigenvalue weighted by Gasteiger charge is 2.16. The summed E-state index contributed by atoms with van der Waals surface area (Å²) in [6.45, 7) is 7.00. The van der Waals surface area contributed by atoms with Gasteiger partial charge in [0.05, 0.1) is 23.8 Å². The second-order valence-electron chi connectivity index (χ2n) is 5.76. The second kappa shape index (κ2) is 6.43. The molecule has 112 valence electrons. The smallest absolute Gasteiger partial charge is 0.254 e. The number of hydrogen-bond donors (Lipinski definition) is 1. The molecule has 0 saturated heterocycles. The van der Waals surface area contributed by atoms with Crippen molar-refractivity contribution in [1.82, 2.24) is 15.1 Å². The van der Waals surface area contributed by atoms with Gasteiger partial charge in [0.25, 0.3) is 5.91 Å². The molecule has 0 bridgehead atoms. The van der Waals surface area contributed by atoms with E-state index >= 15 is 0 Å². The van der Waals surface area contributed by atoms with E-state index in [2.05, 4.69) is 10.4 Å². The van der Waals surface area contributed by atoms with Crippen LogP contribution in [0.25, 0.3) is 0 Å². The first kappa shape index (κ1) is 15.1. The topological polar surface area (TPSA) is 56.2 Å². The average Bonchev–Trinajstić information content (AvgIpc) is 2.94. The molecule has 0 unspecified atom stereocenters. The van der Waals surface area contributed by atoms with Gasteiger partial charge in [-0.25, -0.2) is 0 Å². The van der Waals surface area contributed by atoms with Crippen molar-refractivity contribution in [1.29, 1.82) is 0 Å². The Balaban J connectivity index is 1.78. The van der Waals surface area contributed by atoms with Gasteiger partial charge in [0, 0.05) is 6.20 Å². The molecule has 0 fully saturated rings. The van der Waals surface area contributed by atoms with E-state index in [1.807, 2.05) is 51.1 Å². The van der Waals surface area contributed by atoms with Crippen LogP contribution in [0.15, 0.2) is 42.7 Å². The molecule has 2 aromatic rings. The number of para-hydroxylation sites is 1. The van der Waals surface area contributed by atoms with Crippen molar-refractivity contribution >= 4 is 5.91 Å². The SMILES string of the molecule is CC(C)(C)n1cc(C(=O)NCCOc2ccccc2)cn1. The molecule has 0 aliphatic rings. The zero-order valence-electron chi connectivity index (χ0n) is 12.7. The Kier molecular flexibility index (Phi) is 4.62. The van der Waals surface area contributed by atoms with Gasteiger partial charge in [0.1, 0.15) is 12.4 Å². The van der Waals surface area contributed by atoms with Crippen LogP contribution in [-0.2, 0) is 5.54 Å². The van der Waals surface area contributed by atoms with Crippen molar-refractivity contribution in [2.45, 2.75) is 26.3 Å². The van der Waals surface area contributed by atoms with E-state index in [-0.39, 0.29) is 11.4 Å². The molecule has 0 saturated carbocycles. The number of aromatic nitrogens is 2. The normalized spacial score (nSPS) is 11.2. The van der Waals surface area contributed by atoms with Gasteiger partial charge in [0.2, 0.25) is 0 Å².